The van der Waals surface area contributed by atoms with Crippen molar-refractivity contribution in [3.63, 3.8) is 0 Å². The van der Waals surface area contributed by atoms with Crippen LogP contribution in [0.25, 0.3) is 16.8 Å². The molecule has 0 aliphatic carbocycles. The minimum Gasteiger partial charge on any atom is -0.858 e. The van der Waals surface area contributed by atoms with Gasteiger partial charge in [-0.15, -0.1) is 0 Å². The van der Waals surface area contributed by atoms with E-state index in [1.54, 1.807) is 24.4 Å². The van der Waals surface area contributed by atoms with Crippen LogP contribution >= 0.6 is 0 Å². The van der Waals surface area contributed by atoms with Gasteiger partial charge in [-0.2, -0.15) is 13.2 Å². The van der Waals surface area contributed by atoms with E-state index >= 15 is 0 Å². The Morgan fingerprint density at radius 3 is 2.28 bits per heavy atom. The number of rotatable bonds is 3. The van der Waals surface area contributed by atoms with Crippen LogP contribution in [0.15, 0.2) is 84.0 Å². The van der Waals surface area contributed by atoms with Gasteiger partial charge in [-0.3, -0.25) is 4.99 Å². The van der Waals surface area contributed by atoms with Crippen LogP contribution in [0.3, 0.4) is 0 Å². The van der Waals surface area contributed by atoms with Gasteiger partial charge in [-0.1, -0.05) is 36.4 Å². The Hall–Kier alpha value is -3.61. The molecule has 4 rings (SSSR count). The highest BCUT2D eigenvalue weighted by Crippen LogP contribution is 2.39. The van der Waals surface area contributed by atoms with Crippen molar-refractivity contribution in [1.29, 1.82) is 0 Å². The zero-order valence-corrected chi connectivity index (χ0v) is 14.8. The maximum atomic E-state index is 13.7. The second kappa shape index (κ2) is 7.09. The molecular weight excluding hydrogens is 384 g/mol. The summed E-state index contributed by atoms with van der Waals surface area (Å²) < 4.78 is 55.8. The molecule has 146 valence electrons. The minimum absolute atomic E-state index is 0.0000744. The Kier molecular flexibility index (Phi) is 4.58. The van der Waals surface area contributed by atoms with Crippen molar-refractivity contribution >= 4 is 17.1 Å². The van der Waals surface area contributed by atoms with E-state index in [1.807, 2.05) is 0 Å². The van der Waals surface area contributed by atoms with Crippen LogP contribution in [0.5, 0.6) is 0 Å². The molecule has 0 atom stereocenters. The first-order valence-corrected chi connectivity index (χ1v) is 8.63. The van der Waals surface area contributed by atoms with Gasteiger partial charge in [0, 0.05) is 17.3 Å². The fraction of sp³-hybridized carbons (Fsp3) is 0.0455. The lowest BCUT2D eigenvalue weighted by molar-refractivity contribution is -0.212. The molecule has 2 aromatic carbocycles. The lowest BCUT2D eigenvalue weighted by Crippen LogP contribution is -2.19. The number of alkyl halides is 3. The Bertz CT molecular complexity index is 1210. The molecule has 0 spiro atoms. The fourth-order valence-corrected chi connectivity index (χ4v) is 3.14. The summed E-state index contributed by atoms with van der Waals surface area (Å²) in [4.78, 5) is 3.84. The second-order valence-corrected chi connectivity index (χ2v) is 6.34. The van der Waals surface area contributed by atoms with Crippen molar-refractivity contribution in [2.45, 2.75) is 6.18 Å². The van der Waals surface area contributed by atoms with Crippen LogP contribution < -0.4 is 5.11 Å². The Labute approximate surface area is 163 Å². The zero-order valence-electron chi connectivity index (χ0n) is 14.8. The largest absolute Gasteiger partial charge is 0.858 e. The van der Waals surface area contributed by atoms with E-state index in [0.29, 0.717) is 11.1 Å². The highest BCUT2D eigenvalue weighted by atomic mass is 19.4. The number of hydrogen-bond donors (Lipinski definition) is 0. The van der Waals surface area contributed by atoms with Gasteiger partial charge in [-0.05, 0) is 47.9 Å². The van der Waals surface area contributed by atoms with E-state index in [2.05, 4.69) is 4.99 Å². The summed E-state index contributed by atoms with van der Waals surface area (Å²) in [5.74, 6) is -1.45. The molecule has 0 unspecified atom stereocenters. The normalized spacial score (nSPS) is 12.5. The number of aliphatic imine (C=N–C) groups is 1. The van der Waals surface area contributed by atoms with Gasteiger partial charge in [0.2, 0.25) is 0 Å². The van der Waals surface area contributed by atoms with Crippen LogP contribution in [0.4, 0.5) is 23.2 Å². The maximum Gasteiger partial charge on any atom is 0.418 e. The highest BCUT2D eigenvalue weighted by Gasteiger charge is 2.36. The molecule has 4 aromatic rings. The standard InChI is InChI=1S/C22H14F4N2O/c23-19-7-2-1-6-17(19)21(29)27-15-10-8-14(9-11-15)20-18(22(24,25)26)13-16-5-3-4-12-28(16)20/h1-13H,(H,27,29)/p-1. The summed E-state index contributed by atoms with van der Waals surface area (Å²) in [6.07, 6.45) is -2.97. The molecular formula is C22H13F4N2O-. The minimum atomic E-state index is -4.52. The number of hydrogen-bond acceptors (Lipinski definition) is 2. The van der Waals surface area contributed by atoms with E-state index in [4.69, 9.17) is 0 Å². The summed E-state index contributed by atoms with van der Waals surface area (Å²) >= 11 is 0. The first kappa shape index (κ1) is 18.7. The SMILES string of the molecule is [O-]C(=Nc1ccc(-c2c(C(F)(F)F)cc3ccccn23)cc1)c1ccccc1F. The topological polar surface area (TPSA) is 39.8 Å². The van der Waals surface area contributed by atoms with E-state index in [-0.39, 0.29) is 16.9 Å². The summed E-state index contributed by atoms with van der Waals surface area (Å²) in [5, 5.41) is 12.1. The lowest BCUT2D eigenvalue weighted by atomic mass is 10.1. The van der Waals surface area contributed by atoms with Crippen molar-refractivity contribution in [3.05, 3.63) is 95.9 Å². The van der Waals surface area contributed by atoms with Crippen LogP contribution in [-0.4, -0.2) is 10.3 Å². The Morgan fingerprint density at radius 2 is 1.59 bits per heavy atom. The van der Waals surface area contributed by atoms with Crippen molar-refractivity contribution < 1.29 is 22.7 Å². The van der Waals surface area contributed by atoms with Crippen molar-refractivity contribution in [2.24, 2.45) is 4.99 Å². The van der Waals surface area contributed by atoms with Crippen LogP contribution in [-0.2, 0) is 6.18 Å². The van der Waals surface area contributed by atoms with Crippen molar-refractivity contribution in [3.8, 4) is 11.3 Å². The molecule has 0 N–H and O–H groups in total. The molecule has 0 aliphatic heterocycles. The Balaban J connectivity index is 1.76. The monoisotopic (exact) mass is 397 g/mol. The molecule has 3 nitrogen and oxygen atoms in total. The number of benzene rings is 2. The van der Waals surface area contributed by atoms with E-state index < -0.39 is 23.5 Å². The first-order valence-electron chi connectivity index (χ1n) is 8.63. The molecule has 29 heavy (non-hydrogen) atoms. The van der Waals surface area contributed by atoms with Gasteiger partial charge < -0.3 is 9.51 Å². The first-order chi connectivity index (χ1) is 13.8. The van der Waals surface area contributed by atoms with Crippen molar-refractivity contribution in [1.82, 2.24) is 4.40 Å². The second-order valence-electron chi connectivity index (χ2n) is 6.34. The number of halogens is 4. The molecule has 0 amide bonds. The molecule has 2 heterocycles. The lowest BCUT2D eigenvalue weighted by Gasteiger charge is -2.12. The van der Waals surface area contributed by atoms with Gasteiger partial charge in [0.25, 0.3) is 0 Å². The molecule has 0 saturated carbocycles. The summed E-state index contributed by atoms with van der Waals surface area (Å²) in [6.45, 7) is 0. The third kappa shape index (κ3) is 3.59. The average molecular weight is 397 g/mol. The van der Waals surface area contributed by atoms with E-state index in [9.17, 15) is 22.7 Å². The van der Waals surface area contributed by atoms with Crippen LogP contribution in [0.1, 0.15) is 11.1 Å². The highest BCUT2D eigenvalue weighted by molar-refractivity contribution is 5.92. The van der Waals surface area contributed by atoms with Gasteiger partial charge in [-0.25, -0.2) is 4.39 Å². The summed E-state index contributed by atoms with van der Waals surface area (Å²) in [6, 6.07) is 17.2. The summed E-state index contributed by atoms with van der Waals surface area (Å²) in [7, 11) is 0. The maximum absolute atomic E-state index is 13.7. The predicted octanol–water partition coefficient (Wildman–Crippen LogP) is 5.20. The molecule has 2 aromatic heterocycles. The molecule has 0 bridgehead atoms. The molecule has 0 fully saturated rings. The quantitative estimate of drug-likeness (QED) is 0.266. The molecule has 0 radical (unpaired) electrons. The third-order valence-electron chi connectivity index (χ3n) is 4.46. The van der Waals surface area contributed by atoms with E-state index in [0.717, 1.165) is 12.1 Å². The van der Waals surface area contributed by atoms with E-state index in [1.165, 1.54) is 46.9 Å². The predicted molar refractivity (Wildman–Crippen MR) is 100 cm³/mol. The number of pyridine rings is 1. The smallest absolute Gasteiger partial charge is 0.418 e. The molecule has 0 aliphatic rings. The number of fused-ring (bicyclic) bond motifs is 1. The molecule has 7 heteroatoms. The third-order valence-corrected chi connectivity index (χ3v) is 4.46. The zero-order chi connectivity index (χ0) is 20.6. The number of aromatic nitrogens is 1. The average Bonchev–Trinajstić information content (AvgIpc) is 3.09. The molecule has 0 saturated heterocycles. The Morgan fingerprint density at radius 1 is 0.897 bits per heavy atom. The van der Waals surface area contributed by atoms with Gasteiger partial charge >= 0.3 is 6.18 Å². The van der Waals surface area contributed by atoms with Crippen molar-refractivity contribution in [2.75, 3.05) is 0 Å². The van der Waals surface area contributed by atoms with Crippen LogP contribution in [0.2, 0.25) is 0 Å². The van der Waals surface area contributed by atoms with Gasteiger partial charge in [0.05, 0.1) is 16.9 Å². The van der Waals surface area contributed by atoms with Gasteiger partial charge in [0.15, 0.2) is 0 Å². The fourth-order valence-electron chi connectivity index (χ4n) is 3.14. The van der Waals surface area contributed by atoms with Crippen LogP contribution in [0, 0.1) is 5.82 Å². The number of nitrogens with zero attached hydrogens (tertiary/aromatic N) is 2. The summed E-state index contributed by atoms with van der Waals surface area (Å²) in [5.41, 5.74) is 0.0278. The van der Waals surface area contributed by atoms with Gasteiger partial charge in [0.1, 0.15) is 5.82 Å².